The fraction of sp³-hybridized carbons (Fsp3) is 0.385. The topological polar surface area (TPSA) is 58.4 Å². The van der Waals surface area contributed by atoms with Crippen LogP contribution in [0, 0.1) is 6.92 Å². The molecule has 0 bridgehead atoms. The molecule has 20 heavy (non-hydrogen) atoms. The first-order chi connectivity index (χ1) is 9.54. The second-order valence-electron chi connectivity index (χ2n) is 4.47. The molecule has 2 heterocycles. The van der Waals surface area contributed by atoms with Crippen molar-refractivity contribution in [2.45, 2.75) is 19.9 Å². The molecule has 2 rings (SSSR count). The first-order valence-electron chi connectivity index (χ1n) is 6.20. The highest BCUT2D eigenvalue weighted by Crippen LogP contribution is 2.22. The molecule has 0 fully saturated rings. The highest BCUT2D eigenvalue weighted by atomic mass is 79.9. The van der Waals surface area contributed by atoms with Crippen molar-refractivity contribution in [1.29, 1.82) is 0 Å². The van der Waals surface area contributed by atoms with Gasteiger partial charge in [0, 0.05) is 24.5 Å². The fourth-order valence-corrected chi connectivity index (χ4v) is 3.20. The summed E-state index contributed by atoms with van der Waals surface area (Å²) < 4.78 is 6.08. The van der Waals surface area contributed by atoms with Crippen LogP contribution in [0.1, 0.15) is 16.3 Å². The number of aromatic nitrogens is 1. The first-order valence-corrected chi connectivity index (χ1v) is 7.81. The molecule has 0 aliphatic rings. The summed E-state index contributed by atoms with van der Waals surface area (Å²) in [5.41, 5.74) is 0.752. The average Bonchev–Trinajstić information content (AvgIpc) is 2.98. The normalized spacial score (nSPS) is 10.6. The largest absolute Gasteiger partial charge is 0.361 e. The van der Waals surface area contributed by atoms with Crippen LogP contribution in [0.5, 0.6) is 0 Å². The van der Waals surface area contributed by atoms with E-state index in [9.17, 15) is 4.79 Å². The molecular weight excluding hydrogens is 342 g/mol. The van der Waals surface area contributed by atoms with Crippen molar-refractivity contribution in [2.75, 3.05) is 13.6 Å². The zero-order valence-corrected chi connectivity index (χ0v) is 13.8. The molecule has 2 amide bonds. The van der Waals surface area contributed by atoms with E-state index in [1.165, 1.54) is 4.88 Å². The van der Waals surface area contributed by atoms with Crippen molar-refractivity contribution >= 4 is 33.3 Å². The Labute approximate surface area is 130 Å². The Hall–Kier alpha value is -1.34. The third kappa shape index (κ3) is 4.35. The zero-order valence-electron chi connectivity index (χ0n) is 11.4. The van der Waals surface area contributed by atoms with Gasteiger partial charge in [0.15, 0.2) is 0 Å². The van der Waals surface area contributed by atoms with Gasteiger partial charge in [0.2, 0.25) is 0 Å². The molecule has 108 valence electrons. The number of hydrogen-bond acceptors (Lipinski definition) is 4. The number of rotatable bonds is 5. The molecular formula is C13H16BrN3O2S. The van der Waals surface area contributed by atoms with E-state index >= 15 is 0 Å². The van der Waals surface area contributed by atoms with Gasteiger partial charge in [-0.15, -0.1) is 11.3 Å². The van der Waals surface area contributed by atoms with Gasteiger partial charge in [0.05, 0.1) is 10.3 Å². The summed E-state index contributed by atoms with van der Waals surface area (Å²) in [6.07, 6.45) is 0.832. The highest BCUT2D eigenvalue weighted by molar-refractivity contribution is 9.11. The number of hydrogen-bond donors (Lipinski definition) is 1. The van der Waals surface area contributed by atoms with E-state index in [-0.39, 0.29) is 6.03 Å². The molecule has 0 atom stereocenters. The standard InChI is InChI=1S/C13H16BrN3O2S/c1-9-7-10(16-19-9)8-17(2)13(18)15-6-5-11-3-4-12(14)20-11/h3-4,7H,5-6,8H2,1-2H3,(H,15,18). The Morgan fingerprint density at radius 3 is 2.95 bits per heavy atom. The van der Waals surface area contributed by atoms with Gasteiger partial charge in [0.1, 0.15) is 11.5 Å². The molecule has 7 heteroatoms. The van der Waals surface area contributed by atoms with Gasteiger partial charge in [-0.1, -0.05) is 5.16 Å². The predicted molar refractivity (Wildman–Crippen MR) is 81.8 cm³/mol. The summed E-state index contributed by atoms with van der Waals surface area (Å²) >= 11 is 5.10. The van der Waals surface area contributed by atoms with Gasteiger partial charge >= 0.3 is 6.03 Å². The van der Waals surface area contributed by atoms with E-state index in [4.69, 9.17) is 4.52 Å². The summed E-state index contributed by atoms with van der Waals surface area (Å²) in [5, 5.41) is 6.76. The number of aryl methyl sites for hydroxylation is 1. The first kappa shape index (κ1) is 15.1. The van der Waals surface area contributed by atoms with Crippen molar-refractivity contribution < 1.29 is 9.32 Å². The molecule has 0 unspecified atom stereocenters. The third-order valence-electron chi connectivity index (χ3n) is 2.70. The van der Waals surface area contributed by atoms with Gasteiger partial charge in [-0.3, -0.25) is 0 Å². The fourth-order valence-electron chi connectivity index (χ4n) is 1.72. The summed E-state index contributed by atoms with van der Waals surface area (Å²) in [6, 6.07) is 5.79. The zero-order chi connectivity index (χ0) is 14.5. The molecule has 2 aromatic rings. The number of carbonyl (C=O) groups is 1. The van der Waals surface area contributed by atoms with Crippen LogP contribution in [0.4, 0.5) is 4.79 Å². The number of halogens is 1. The second kappa shape index (κ2) is 6.90. The molecule has 0 saturated carbocycles. The predicted octanol–water partition coefficient (Wildman–Crippen LogP) is 3.19. The van der Waals surface area contributed by atoms with Crippen LogP contribution >= 0.6 is 27.3 Å². The maximum absolute atomic E-state index is 11.9. The van der Waals surface area contributed by atoms with Crippen LogP contribution in [0.15, 0.2) is 26.5 Å². The Bertz CT molecular complexity index is 582. The van der Waals surface area contributed by atoms with Gasteiger partial charge in [-0.25, -0.2) is 4.79 Å². The lowest BCUT2D eigenvalue weighted by atomic mass is 10.3. The summed E-state index contributed by atoms with van der Waals surface area (Å²) in [4.78, 5) is 14.7. The van der Waals surface area contributed by atoms with Crippen molar-refractivity contribution in [3.05, 3.63) is 38.3 Å². The molecule has 0 aliphatic carbocycles. The van der Waals surface area contributed by atoms with Crippen molar-refractivity contribution in [1.82, 2.24) is 15.4 Å². The van der Waals surface area contributed by atoms with Crippen LogP contribution in [0.25, 0.3) is 0 Å². The summed E-state index contributed by atoms with van der Waals surface area (Å²) in [6.45, 7) is 2.89. The van der Waals surface area contributed by atoms with Gasteiger partial charge in [-0.05, 0) is 41.4 Å². The van der Waals surface area contributed by atoms with Crippen LogP contribution in [0.2, 0.25) is 0 Å². The molecule has 0 aliphatic heterocycles. The average molecular weight is 358 g/mol. The number of nitrogens with one attached hydrogen (secondary N) is 1. The highest BCUT2D eigenvalue weighted by Gasteiger charge is 2.11. The lowest BCUT2D eigenvalue weighted by molar-refractivity contribution is 0.206. The number of amides is 2. The number of carbonyl (C=O) groups excluding carboxylic acids is 1. The summed E-state index contributed by atoms with van der Waals surface area (Å²) in [7, 11) is 1.74. The smallest absolute Gasteiger partial charge is 0.317 e. The van der Waals surface area contributed by atoms with E-state index in [0.29, 0.717) is 13.1 Å². The van der Waals surface area contributed by atoms with Crippen LogP contribution < -0.4 is 5.32 Å². The Morgan fingerprint density at radius 2 is 2.35 bits per heavy atom. The van der Waals surface area contributed by atoms with Gasteiger partial charge in [-0.2, -0.15) is 0 Å². The maximum atomic E-state index is 11.9. The lowest BCUT2D eigenvalue weighted by Crippen LogP contribution is -2.37. The molecule has 0 aromatic carbocycles. The van der Waals surface area contributed by atoms with Gasteiger partial charge < -0.3 is 14.7 Å². The number of urea groups is 1. The number of nitrogens with zero attached hydrogens (tertiary/aromatic N) is 2. The SMILES string of the molecule is Cc1cc(CN(C)C(=O)NCCc2ccc(Br)s2)no1. The van der Waals surface area contributed by atoms with Crippen LogP contribution in [-0.4, -0.2) is 29.7 Å². The number of thiophene rings is 1. The summed E-state index contributed by atoms with van der Waals surface area (Å²) in [5.74, 6) is 0.747. The lowest BCUT2D eigenvalue weighted by Gasteiger charge is -2.16. The molecule has 0 saturated heterocycles. The third-order valence-corrected chi connectivity index (χ3v) is 4.38. The Morgan fingerprint density at radius 1 is 1.55 bits per heavy atom. The quantitative estimate of drug-likeness (QED) is 0.893. The maximum Gasteiger partial charge on any atom is 0.317 e. The van der Waals surface area contributed by atoms with Crippen LogP contribution in [0.3, 0.4) is 0 Å². The Balaban J connectivity index is 1.73. The van der Waals surface area contributed by atoms with Crippen molar-refractivity contribution in [2.24, 2.45) is 0 Å². The van der Waals surface area contributed by atoms with E-state index in [2.05, 4.69) is 32.5 Å². The molecule has 0 radical (unpaired) electrons. The molecule has 1 N–H and O–H groups in total. The minimum atomic E-state index is -0.110. The van der Waals surface area contributed by atoms with Gasteiger partial charge in [0.25, 0.3) is 0 Å². The van der Waals surface area contributed by atoms with Crippen molar-refractivity contribution in [3.63, 3.8) is 0 Å². The van der Waals surface area contributed by atoms with E-state index < -0.39 is 0 Å². The molecule has 0 spiro atoms. The van der Waals surface area contributed by atoms with E-state index in [1.54, 1.807) is 23.3 Å². The molecule has 5 nitrogen and oxygen atoms in total. The minimum absolute atomic E-state index is 0.110. The van der Waals surface area contributed by atoms with E-state index in [0.717, 1.165) is 21.7 Å². The second-order valence-corrected chi connectivity index (χ2v) is 7.02. The minimum Gasteiger partial charge on any atom is -0.361 e. The van der Waals surface area contributed by atoms with Crippen molar-refractivity contribution in [3.8, 4) is 0 Å². The molecule has 2 aromatic heterocycles. The van der Waals surface area contributed by atoms with E-state index in [1.807, 2.05) is 19.1 Å². The Kier molecular flexibility index (Phi) is 5.19. The van der Waals surface area contributed by atoms with Crippen LogP contribution in [-0.2, 0) is 13.0 Å². The monoisotopic (exact) mass is 357 g/mol.